The summed E-state index contributed by atoms with van der Waals surface area (Å²) >= 11 is 0. The van der Waals surface area contributed by atoms with Gasteiger partial charge in [0.25, 0.3) is 0 Å². The number of nitrogens with zero attached hydrogens (tertiary/aromatic N) is 4. The molecule has 1 fully saturated rings. The fourth-order valence-corrected chi connectivity index (χ4v) is 5.11. The number of aromatic nitrogens is 3. The Morgan fingerprint density at radius 2 is 2.15 bits per heavy atom. The minimum absolute atomic E-state index is 0.621. The molecule has 4 heteroatoms. The number of hydrogen-bond acceptors (Lipinski definition) is 3. The van der Waals surface area contributed by atoms with E-state index in [4.69, 9.17) is 4.98 Å². The highest BCUT2D eigenvalue weighted by Crippen LogP contribution is 2.43. The van der Waals surface area contributed by atoms with Crippen molar-refractivity contribution in [1.82, 2.24) is 19.4 Å². The molecule has 0 N–H and O–H groups in total. The maximum atomic E-state index is 4.95. The molecule has 3 aromatic heterocycles. The van der Waals surface area contributed by atoms with Crippen LogP contribution >= 0.6 is 0 Å². The quantitative estimate of drug-likeness (QED) is 0.724. The van der Waals surface area contributed by atoms with Gasteiger partial charge in [0.15, 0.2) is 0 Å². The summed E-state index contributed by atoms with van der Waals surface area (Å²) in [5, 5.41) is 1.45. The fraction of sp³-hybridized carbons (Fsp3) is 0.455. The van der Waals surface area contributed by atoms with Crippen LogP contribution in [0.25, 0.3) is 10.9 Å². The van der Waals surface area contributed by atoms with E-state index >= 15 is 0 Å². The lowest BCUT2D eigenvalue weighted by molar-refractivity contribution is 0.242. The Labute approximate surface area is 154 Å². The lowest BCUT2D eigenvalue weighted by Crippen LogP contribution is -2.31. The lowest BCUT2D eigenvalue weighted by Gasteiger charge is -2.30. The molecule has 0 bridgehead atoms. The number of hydrogen-bond donors (Lipinski definition) is 0. The van der Waals surface area contributed by atoms with E-state index < -0.39 is 0 Å². The zero-order chi connectivity index (χ0) is 17.7. The van der Waals surface area contributed by atoms with E-state index in [1.807, 2.05) is 18.5 Å². The Morgan fingerprint density at radius 1 is 1.23 bits per heavy atom. The molecule has 134 valence electrons. The van der Waals surface area contributed by atoms with E-state index in [0.29, 0.717) is 6.04 Å². The first-order chi connectivity index (χ1) is 12.7. The number of pyridine rings is 2. The predicted molar refractivity (Wildman–Crippen MR) is 104 cm³/mol. The lowest BCUT2D eigenvalue weighted by atomic mass is 9.95. The Kier molecular flexibility index (Phi) is 3.82. The second-order valence-corrected chi connectivity index (χ2v) is 7.83. The number of rotatable bonds is 3. The van der Waals surface area contributed by atoms with Crippen molar-refractivity contribution in [3.8, 4) is 0 Å². The molecule has 1 saturated heterocycles. The highest BCUT2D eigenvalue weighted by atomic mass is 15.2. The summed E-state index contributed by atoms with van der Waals surface area (Å²) in [6, 6.07) is 7.12. The second kappa shape index (κ2) is 6.20. The average molecular weight is 346 g/mol. The Morgan fingerprint density at radius 3 is 3.00 bits per heavy atom. The van der Waals surface area contributed by atoms with Gasteiger partial charge in [-0.05, 0) is 62.4 Å². The van der Waals surface area contributed by atoms with Gasteiger partial charge in [-0.15, -0.1) is 0 Å². The van der Waals surface area contributed by atoms with Crippen molar-refractivity contribution in [3.63, 3.8) is 0 Å². The molecule has 0 radical (unpaired) electrons. The van der Waals surface area contributed by atoms with Crippen LogP contribution in [0.1, 0.15) is 47.1 Å². The van der Waals surface area contributed by atoms with Crippen LogP contribution in [0, 0.1) is 6.92 Å². The van der Waals surface area contributed by atoms with E-state index in [2.05, 4.69) is 40.6 Å². The molecule has 0 aromatic carbocycles. The van der Waals surface area contributed by atoms with E-state index in [1.165, 1.54) is 53.8 Å². The predicted octanol–water partition coefficient (Wildman–Crippen LogP) is 3.75. The summed E-state index contributed by atoms with van der Waals surface area (Å²) in [5.74, 6) is 0. The molecule has 5 rings (SSSR count). The monoisotopic (exact) mass is 346 g/mol. The van der Waals surface area contributed by atoms with Crippen LogP contribution in [0.5, 0.6) is 0 Å². The van der Waals surface area contributed by atoms with E-state index in [0.717, 1.165) is 25.0 Å². The van der Waals surface area contributed by atoms with Gasteiger partial charge in [-0.3, -0.25) is 14.9 Å². The molecule has 0 aliphatic carbocycles. The zero-order valence-corrected chi connectivity index (χ0v) is 15.7. The van der Waals surface area contributed by atoms with Crippen molar-refractivity contribution in [2.45, 2.75) is 45.1 Å². The first kappa shape index (κ1) is 16.0. The molecule has 0 amide bonds. The maximum absolute atomic E-state index is 4.95. The molecule has 3 aromatic rings. The Bertz CT molecular complexity index is 957. The highest BCUT2D eigenvalue weighted by molar-refractivity contribution is 5.88. The summed E-state index contributed by atoms with van der Waals surface area (Å²) in [5.41, 5.74) is 8.16. The highest BCUT2D eigenvalue weighted by Gasteiger charge is 2.35. The fourth-order valence-electron chi connectivity index (χ4n) is 5.11. The summed E-state index contributed by atoms with van der Waals surface area (Å²) in [4.78, 5) is 11.9. The van der Waals surface area contributed by atoms with Crippen molar-refractivity contribution in [2.24, 2.45) is 7.05 Å². The van der Waals surface area contributed by atoms with Gasteiger partial charge in [-0.2, -0.15) is 0 Å². The molecule has 1 unspecified atom stereocenters. The van der Waals surface area contributed by atoms with Gasteiger partial charge in [-0.25, -0.2) is 0 Å². The second-order valence-electron chi connectivity index (χ2n) is 7.83. The number of fused-ring (bicyclic) bond motifs is 5. The first-order valence-corrected chi connectivity index (χ1v) is 9.83. The minimum atomic E-state index is 0.621. The van der Waals surface area contributed by atoms with Crippen LogP contribution in [0.3, 0.4) is 0 Å². The van der Waals surface area contributed by atoms with Gasteiger partial charge in [0, 0.05) is 55.2 Å². The van der Waals surface area contributed by atoms with Gasteiger partial charge >= 0.3 is 0 Å². The van der Waals surface area contributed by atoms with Gasteiger partial charge in [-0.1, -0.05) is 6.07 Å². The summed E-state index contributed by atoms with van der Waals surface area (Å²) in [6.07, 6.45) is 9.57. The van der Waals surface area contributed by atoms with E-state index in [-0.39, 0.29) is 0 Å². The molecule has 1 atom stereocenters. The minimum Gasteiger partial charge on any atom is -0.346 e. The van der Waals surface area contributed by atoms with Gasteiger partial charge < -0.3 is 4.57 Å². The molecule has 2 aliphatic heterocycles. The van der Waals surface area contributed by atoms with Crippen LogP contribution in [0.4, 0.5) is 0 Å². The molecule has 0 saturated carbocycles. The summed E-state index contributed by atoms with van der Waals surface area (Å²) < 4.78 is 2.45. The maximum Gasteiger partial charge on any atom is 0.0702 e. The normalized spacial score (nSPS) is 19.7. The Hall–Kier alpha value is -2.20. The van der Waals surface area contributed by atoms with Crippen LogP contribution in [-0.4, -0.2) is 32.5 Å². The van der Waals surface area contributed by atoms with Gasteiger partial charge in [0.05, 0.1) is 11.2 Å². The van der Waals surface area contributed by atoms with Crippen LogP contribution in [0.15, 0.2) is 30.6 Å². The van der Waals surface area contributed by atoms with Crippen LogP contribution in [0.2, 0.25) is 0 Å². The van der Waals surface area contributed by atoms with Gasteiger partial charge in [0.1, 0.15) is 0 Å². The van der Waals surface area contributed by atoms with E-state index in [1.54, 1.807) is 5.56 Å². The van der Waals surface area contributed by atoms with Crippen molar-refractivity contribution in [1.29, 1.82) is 0 Å². The third kappa shape index (κ3) is 2.47. The third-order valence-electron chi connectivity index (χ3n) is 6.24. The number of aryl methyl sites for hydroxylation is 4. The Balaban J connectivity index is 1.61. The smallest absolute Gasteiger partial charge is 0.0702 e. The van der Waals surface area contributed by atoms with Crippen LogP contribution in [-0.2, 0) is 26.3 Å². The molecule has 5 heterocycles. The molecule has 4 nitrogen and oxygen atoms in total. The molecule has 0 spiro atoms. The summed E-state index contributed by atoms with van der Waals surface area (Å²) in [7, 11) is 2.25. The van der Waals surface area contributed by atoms with E-state index in [9.17, 15) is 0 Å². The molecule has 26 heavy (non-hydrogen) atoms. The van der Waals surface area contributed by atoms with Gasteiger partial charge in [0.2, 0.25) is 0 Å². The average Bonchev–Trinajstić information content (AvgIpc) is 3.23. The SMILES string of the molecule is Cc1cc2c3c(n(C)c2c(CCc2cccnc2)n1)CCN1CCCC31. The van der Waals surface area contributed by atoms with Crippen molar-refractivity contribution in [2.75, 3.05) is 13.1 Å². The topological polar surface area (TPSA) is 34.0 Å². The summed E-state index contributed by atoms with van der Waals surface area (Å²) in [6.45, 7) is 4.61. The van der Waals surface area contributed by atoms with Crippen molar-refractivity contribution < 1.29 is 0 Å². The molecular formula is C22H26N4. The van der Waals surface area contributed by atoms with Crippen molar-refractivity contribution in [3.05, 3.63) is 58.8 Å². The van der Waals surface area contributed by atoms with Crippen molar-refractivity contribution >= 4 is 10.9 Å². The first-order valence-electron chi connectivity index (χ1n) is 9.83. The standard InChI is InChI=1S/C22H26N4/c1-15-13-17-21-19(9-12-26-11-4-6-20(21)26)25(2)22(17)18(24-15)8-7-16-5-3-10-23-14-16/h3,5,10,13-14,20H,4,6-9,11-12H2,1-2H3. The molecule has 2 aliphatic rings. The largest absolute Gasteiger partial charge is 0.346 e. The molecular weight excluding hydrogens is 320 g/mol. The third-order valence-corrected chi connectivity index (χ3v) is 6.24. The zero-order valence-electron chi connectivity index (χ0n) is 15.7. The van der Waals surface area contributed by atoms with Crippen LogP contribution < -0.4 is 0 Å².